The van der Waals surface area contributed by atoms with E-state index in [1.54, 1.807) is 17.9 Å². The van der Waals surface area contributed by atoms with Crippen LogP contribution in [0.15, 0.2) is 18.2 Å². The van der Waals surface area contributed by atoms with Crippen molar-refractivity contribution in [3.8, 4) is 0 Å². The lowest BCUT2D eigenvalue weighted by atomic mass is 10.0. The Kier molecular flexibility index (Phi) is 3.60. The van der Waals surface area contributed by atoms with Gasteiger partial charge in [0.2, 0.25) is 0 Å². The summed E-state index contributed by atoms with van der Waals surface area (Å²) in [5.41, 5.74) is 1.21. The molecular weight excluding hydrogens is 232 g/mol. The number of likely N-dealkylation sites (tertiary alicyclic amines) is 1. The number of aryl methyl sites for hydroxylation is 1. The monoisotopic (exact) mass is 248 g/mol. The molecular formula is C13H16N2O3. The number of hydrogen-bond donors (Lipinski definition) is 0. The van der Waals surface area contributed by atoms with Crippen LogP contribution in [0, 0.1) is 17.0 Å². The highest BCUT2D eigenvalue weighted by molar-refractivity contribution is 5.96. The lowest BCUT2D eigenvalue weighted by Gasteiger charge is -2.27. The van der Waals surface area contributed by atoms with Crippen molar-refractivity contribution >= 4 is 11.6 Å². The van der Waals surface area contributed by atoms with Crippen LogP contribution in [0.1, 0.15) is 35.2 Å². The summed E-state index contributed by atoms with van der Waals surface area (Å²) in [4.78, 5) is 24.4. The Balaban J connectivity index is 2.28. The van der Waals surface area contributed by atoms with Crippen LogP contribution in [0.2, 0.25) is 0 Å². The minimum Gasteiger partial charge on any atom is -0.339 e. The smallest absolute Gasteiger partial charge is 0.270 e. The molecule has 5 nitrogen and oxygen atoms in total. The van der Waals surface area contributed by atoms with Gasteiger partial charge in [-0.2, -0.15) is 0 Å². The molecule has 5 heteroatoms. The molecule has 0 aromatic heterocycles. The Hall–Kier alpha value is -1.91. The van der Waals surface area contributed by atoms with Gasteiger partial charge in [-0.3, -0.25) is 14.9 Å². The van der Waals surface area contributed by atoms with Gasteiger partial charge in [0.25, 0.3) is 11.6 Å². The number of nitro benzene ring substituents is 1. The number of nitro groups is 1. The first kappa shape index (κ1) is 12.5. The summed E-state index contributed by atoms with van der Waals surface area (Å²) < 4.78 is 0. The number of piperidine rings is 1. The molecule has 0 bridgehead atoms. The standard InChI is InChI=1S/C13H16N2O3/c1-10-5-6-11(15(17)18)9-12(10)13(16)14-7-3-2-4-8-14/h5-6,9H,2-4,7-8H2,1H3. The maximum Gasteiger partial charge on any atom is 0.270 e. The van der Waals surface area contributed by atoms with Gasteiger partial charge in [-0.1, -0.05) is 6.07 Å². The normalized spacial score (nSPS) is 15.5. The summed E-state index contributed by atoms with van der Waals surface area (Å²) in [5.74, 6) is -0.0871. The summed E-state index contributed by atoms with van der Waals surface area (Å²) in [6, 6.07) is 4.45. The molecule has 1 aliphatic heterocycles. The van der Waals surface area contributed by atoms with E-state index in [1.165, 1.54) is 12.1 Å². The molecule has 0 radical (unpaired) electrons. The predicted octanol–water partition coefficient (Wildman–Crippen LogP) is 2.53. The van der Waals surface area contributed by atoms with Gasteiger partial charge in [-0.05, 0) is 31.7 Å². The van der Waals surface area contributed by atoms with Crippen LogP contribution in [0.3, 0.4) is 0 Å². The number of benzene rings is 1. The Bertz CT molecular complexity index is 479. The van der Waals surface area contributed by atoms with Gasteiger partial charge in [0.1, 0.15) is 0 Å². The topological polar surface area (TPSA) is 63.5 Å². The van der Waals surface area contributed by atoms with Crippen molar-refractivity contribution in [3.05, 3.63) is 39.4 Å². The Morgan fingerprint density at radius 3 is 2.56 bits per heavy atom. The maximum atomic E-state index is 12.3. The number of nitrogens with zero attached hydrogens (tertiary/aromatic N) is 2. The highest BCUT2D eigenvalue weighted by Crippen LogP contribution is 2.20. The highest BCUT2D eigenvalue weighted by atomic mass is 16.6. The van der Waals surface area contributed by atoms with Crippen molar-refractivity contribution < 1.29 is 9.72 Å². The van der Waals surface area contributed by atoms with E-state index in [0.29, 0.717) is 5.56 Å². The largest absolute Gasteiger partial charge is 0.339 e. The summed E-state index contributed by atoms with van der Waals surface area (Å²) in [5, 5.41) is 10.7. The van der Waals surface area contributed by atoms with Gasteiger partial charge in [0.15, 0.2) is 0 Å². The zero-order valence-electron chi connectivity index (χ0n) is 10.4. The number of carbonyl (C=O) groups is 1. The minimum atomic E-state index is -0.466. The number of carbonyl (C=O) groups excluding carboxylic acids is 1. The molecule has 0 saturated carbocycles. The second-order valence-corrected chi connectivity index (χ2v) is 4.61. The van der Waals surface area contributed by atoms with Crippen molar-refractivity contribution in [2.75, 3.05) is 13.1 Å². The molecule has 0 spiro atoms. The number of rotatable bonds is 2. The summed E-state index contributed by atoms with van der Waals surface area (Å²) in [7, 11) is 0. The van der Waals surface area contributed by atoms with Gasteiger partial charge < -0.3 is 4.90 Å². The van der Waals surface area contributed by atoms with E-state index in [0.717, 1.165) is 37.9 Å². The molecule has 0 atom stereocenters. The van der Waals surface area contributed by atoms with E-state index < -0.39 is 4.92 Å². The first-order valence-corrected chi connectivity index (χ1v) is 6.14. The van der Waals surface area contributed by atoms with Crippen molar-refractivity contribution in [1.29, 1.82) is 0 Å². The predicted molar refractivity (Wildman–Crippen MR) is 67.6 cm³/mol. The van der Waals surface area contributed by atoms with Crippen LogP contribution < -0.4 is 0 Å². The summed E-state index contributed by atoms with van der Waals surface area (Å²) in [6.45, 7) is 3.31. The van der Waals surface area contributed by atoms with Crippen molar-refractivity contribution in [2.45, 2.75) is 26.2 Å². The van der Waals surface area contributed by atoms with Crippen LogP contribution in [0.25, 0.3) is 0 Å². The van der Waals surface area contributed by atoms with E-state index in [-0.39, 0.29) is 11.6 Å². The van der Waals surface area contributed by atoms with Crippen LogP contribution in [0.4, 0.5) is 5.69 Å². The third-order valence-electron chi connectivity index (χ3n) is 3.31. The lowest BCUT2D eigenvalue weighted by Crippen LogP contribution is -2.35. The third-order valence-corrected chi connectivity index (χ3v) is 3.31. The Morgan fingerprint density at radius 1 is 1.28 bits per heavy atom. The molecule has 1 amide bonds. The van der Waals surface area contributed by atoms with E-state index in [4.69, 9.17) is 0 Å². The molecule has 0 N–H and O–H groups in total. The Labute approximate surface area is 106 Å². The third kappa shape index (κ3) is 2.50. The van der Waals surface area contributed by atoms with Gasteiger partial charge in [0, 0.05) is 30.8 Å². The van der Waals surface area contributed by atoms with Gasteiger partial charge in [-0.15, -0.1) is 0 Å². The first-order chi connectivity index (χ1) is 8.59. The second kappa shape index (κ2) is 5.16. The van der Waals surface area contributed by atoms with Crippen LogP contribution in [0.5, 0.6) is 0 Å². The molecule has 1 aromatic carbocycles. The molecule has 96 valence electrons. The molecule has 0 aliphatic carbocycles. The van der Waals surface area contributed by atoms with Crippen LogP contribution in [-0.2, 0) is 0 Å². The summed E-state index contributed by atoms with van der Waals surface area (Å²) in [6.07, 6.45) is 3.18. The van der Waals surface area contributed by atoms with E-state index >= 15 is 0 Å². The van der Waals surface area contributed by atoms with E-state index in [9.17, 15) is 14.9 Å². The minimum absolute atomic E-state index is 0.0269. The number of non-ortho nitro benzene ring substituents is 1. The van der Waals surface area contributed by atoms with Crippen molar-refractivity contribution in [3.63, 3.8) is 0 Å². The lowest BCUT2D eigenvalue weighted by molar-refractivity contribution is -0.384. The molecule has 0 unspecified atom stereocenters. The summed E-state index contributed by atoms with van der Waals surface area (Å²) >= 11 is 0. The highest BCUT2D eigenvalue weighted by Gasteiger charge is 2.21. The van der Waals surface area contributed by atoms with E-state index in [2.05, 4.69) is 0 Å². The first-order valence-electron chi connectivity index (χ1n) is 6.14. The molecule has 1 aromatic rings. The molecule has 1 aliphatic rings. The molecule has 18 heavy (non-hydrogen) atoms. The van der Waals surface area contributed by atoms with E-state index in [1.807, 2.05) is 0 Å². The SMILES string of the molecule is Cc1ccc([N+](=O)[O-])cc1C(=O)N1CCCCC1. The molecule has 1 fully saturated rings. The van der Waals surface area contributed by atoms with Gasteiger partial charge in [-0.25, -0.2) is 0 Å². The van der Waals surface area contributed by atoms with Gasteiger partial charge >= 0.3 is 0 Å². The zero-order valence-corrected chi connectivity index (χ0v) is 10.4. The number of amides is 1. The average Bonchev–Trinajstić information content (AvgIpc) is 2.39. The van der Waals surface area contributed by atoms with Gasteiger partial charge in [0.05, 0.1) is 4.92 Å². The average molecular weight is 248 g/mol. The fraction of sp³-hybridized carbons (Fsp3) is 0.462. The van der Waals surface area contributed by atoms with Crippen LogP contribution in [-0.4, -0.2) is 28.8 Å². The molecule has 1 saturated heterocycles. The Morgan fingerprint density at radius 2 is 1.94 bits per heavy atom. The fourth-order valence-electron chi connectivity index (χ4n) is 2.22. The fourth-order valence-corrected chi connectivity index (χ4v) is 2.22. The van der Waals surface area contributed by atoms with Crippen molar-refractivity contribution in [2.24, 2.45) is 0 Å². The quantitative estimate of drug-likeness (QED) is 0.596. The zero-order chi connectivity index (χ0) is 13.1. The van der Waals surface area contributed by atoms with Crippen LogP contribution >= 0.6 is 0 Å². The van der Waals surface area contributed by atoms with Crippen molar-refractivity contribution in [1.82, 2.24) is 4.90 Å². The molecule has 1 heterocycles. The second-order valence-electron chi connectivity index (χ2n) is 4.61. The molecule has 2 rings (SSSR count). The number of hydrogen-bond acceptors (Lipinski definition) is 3. The maximum absolute atomic E-state index is 12.3.